The summed E-state index contributed by atoms with van der Waals surface area (Å²) in [5, 5.41) is 3.39. The quantitative estimate of drug-likeness (QED) is 0.708. The summed E-state index contributed by atoms with van der Waals surface area (Å²) in [5.41, 5.74) is 3.80. The minimum Gasteiger partial charge on any atom is -0.370 e. The fourth-order valence-electron chi connectivity index (χ4n) is 4.81. The standard InChI is InChI=1S/C23H25FN4O/c1-14-6-7-19(24)18-11-20(26-22(14)18)23(29)25-16-4-3-5-17(10-16)28-12-15-8-9-27(2)21(15)13-28/h3-7,10-11,15,21,26H,8-9,12-13H2,1-2H3,(H,25,29). The first-order valence-electron chi connectivity index (χ1n) is 10.1. The number of fused-ring (bicyclic) bond motifs is 2. The van der Waals surface area contributed by atoms with Gasteiger partial charge in [-0.15, -0.1) is 0 Å². The fraction of sp³-hybridized carbons (Fsp3) is 0.348. The highest BCUT2D eigenvalue weighted by atomic mass is 19.1. The van der Waals surface area contributed by atoms with Crippen molar-refractivity contribution in [3.63, 3.8) is 0 Å². The maximum Gasteiger partial charge on any atom is 0.272 e. The van der Waals surface area contributed by atoms with E-state index in [4.69, 9.17) is 0 Å². The van der Waals surface area contributed by atoms with Gasteiger partial charge in [0.1, 0.15) is 11.5 Å². The lowest BCUT2D eigenvalue weighted by molar-refractivity contribution is 0.102. The molecule has 6 heteroatoms. The number of carbonyl (C=O) groups excluding carboxylic acids is 1. The average molecular weight is 392 g/mol. The predicted molar refractivity (Wildman–Crippen MR) is 114 cm³/mol. The van der Waals surface area contributed by atoms with Gasteiger partial charge < -0.3 is 20.1 Å². The van der Waals surface area contributed by atoms with Gasteiger partial charge in [0.05, 0.1) is 5.52 Å². The summed E-state index contributed by atoms with van der Waals surface area (Å²) in [6, 6.07) is 13.3. The number of nitrogens with one attached hydrogen (secondary N) is 2. The number of amides is 1. The molecular formula is C23H25FN4O. The molecule has 5 nitrogen and oxygen atoms in total. The Bertz CT molecular complexity index is 1050. The van der Waals surface area contributed by atoms with Crippen molar-refractivity contribution in [2.75, 3.05) is 36.9 Å². The first kappa shape index (κ1) is 18.2. The van der Waals surface area contributed by atoms with E-state index < -0.39 is 0 Å². The zero-order valence-corrected chi connectivity index (χ0v) is 16.7. The normalized spacial score (nSPS) is 21.7. The highest BCUT2D eigenvalue weighted by molar-refractivity contribution is 6.06. The molecule has 2 atom stereocenters. The van der Waals surface area contributed by atoms with E-state index in [1.807, 2.05) is 25.1 Å². The highest BCUT2D eigenvalue weighted by Crippen LogP contribution is 2.34. The van der Waals surface area contributed by atoms with Crippen molar-refractivity contribution in [2.45, 2.75) is 19.4 Å². The van der Waals surface area contributed by atoms with Crippen LogP contribution in [0.4, 0.5) is 15.8 Å². The molecule has 0 saturated carbocycles. The van der Waals surface area contributed by atoms with Gasteiger partial charge in [-0.1, -0.05) is 12.1 Å². The molecule has 1 amide bonds. The first-order chi connectivity index (χ1) is 14.0. The van der Waals surface area contributed by atoms with Gasteiger partial charge in [0.25, 0.3) is 5.91 Å². The number of anilines is 2. The lowest BCUT2D eigenvalue weighted by Crippen LogP contribution is -2.32. The number of likely N-dealkylation sites (N-methyl/N-ethyl adjacent to an activating group) is 1. The van der Waals surface area contributed by atoms with E-state index >= 15 is 0 Å². The summed E-state index contributed by atoms with van der Waals surface area (Å²) in [7, 11) is 2.20. The number of aromatic nitrogens is 1. The second-order valence-electron chi connectivity index (χ2n) is 8.34. The van der Waals surface area contributed by atoms with Crippen LogP contribution in [-0.4, -0.2) is 48.5 Å². The molecule has 5 rings (SSSR count). The molecule has 2 aliphatic heterocycles. The molecule has 0 spiro atoms. The summed E-state index contributed by atoms with van der Waals surface area (Å²) in [6.07, 6.45) is 1.25. The monoisotopic (exact) mass is 392 g/mol. The van der Waals surface area contributed by atoms with E-state index in [0.717, 1.165) is 35.9 Å². The summed E-state index contributed by atoms with van der Waals surface area (Å²) in [4.78, 5) is 20.7. The van der Waals surface area contributed by atoms with Gasteiger partial charge in [-0.05, 0) is 68.8 Å². The van der Waals surface area contributed by atoms with Gasteiger partial charge in [0, 0.05) is 35.9 Å². The highest BCUT2D eigenvalue weighted by Gasteiger charge is 2.39. The molecule has 150 valence electrons. The van der Waals surface area contributed by atoms with E-state index in [1.165, 1.54) is 19.0 Å². The minimum atomic E-state index is -0.326. The van der Waals surface area contributed by atoms with Crippen molar-refractivity contribution in [1.82, 2.24) is 9.88 Å². The molecule has 2 saturated heterocycles. The number of likely N-dealkylation sites (tertiary alicyclic amines) is 1. The maximum absolute atomic E-state index is 14.1. The number of nitrogens with zero attached hydrogens (tertiary/aromatic N) is 2. The Labute approximate surface area is 169 Å². The van der Waals surface area contributed by atoms with E-state index in [2.05, 4.69) is 33.2 Å². The van der Waals surface area contributed by atoms with Crippen LogP contribution in [0.2, 0.25) is 0 Å². The summed E-state index contributed by atoms with van der Waals surface area (Å²) >= 11 is 0. The molecule has 3 aromatic rings. The molecule has 2 aromatic carbocycles. The molecule has 0 aliphatic carbocycles. The van der Waals surface area contributed by atoms with Crippen LogP contribution in [0.1, 0.15) is 22.5 Å². The van der Waals surface area contributed by atoms with Crippen LogP contribution in [0.15, 0.2) is 42.5 Å². The van der Waals surface area contributed by atoms with Gasteiger partial charge in [0.2, 0.25) is 0 Å². The van der Waals surface area contributed by atoms with Crippen molar-refractivity contribution in [2.24, 2.45) is 5.92 Å². The van der Waals surface area contributed by atoms with Crippen LogP contribution in [0.3, 0.4) is 0 Å². The number of rotatable bonds is 3. The van der Waals surface area contributed by atoms with Crippen molar-refractivity contribution in [3.8, 4) is 0 Å². The fourth-order valence-corrected chi connectivity index (χ4v) is 4.81. The number of benzene rings is 2. The number of hydrogen-bond acceptors (Lipinski definition) is 3. The van der Waals surface area contributed by atoms with Crippen LogP contribution >= 0.6 is 0 Å². The molecular weight excluding hydrogens is 367 g/mol. The topological polar surface area (TPSA) is 51.4 Å². The third-order valence-electron chi connectivity index (χ3n) is 6.49. The first-order valence-corrected chi connectivity index (χ1v) is 10.1. The van der Waals surface area contributed by atoms with Gasteiger partial charge in [0.15, 0.2) is 0 Å². The van der Waals surface area contributed by atoms with Gasteiger partial charge in [-0.3, -0.25) is 4.79 Å². The zero-order chi connectivity index (χ0) is 20.1. The Morgan fingerprint density at radius 2 is 2.07 bits per heavy atom. The molecule has 1 aromatic heterocycles. The Hall–Kier alpha value is -2.86. The molecule has 2 fully saturated rings. The molecule has 2 unspecified atom stereocenters. The van der Waals surface area contributed by atoms with Gasteiger partial charge >= 0.3 is 0 Å². The van der Waals surface area contributed by atoms with E-state index in [0.29, 0.717) is 22.6 Å². The molecule has 0 bridgehead atoms. The summed E-state index contributed by atoms with van der Waals surface area (Å²) in [6.45, 7) is 5.17. The minimum absolute atomic E-state index is 0.268. The Balaban J connectivity index is 1.35. The second kappa shape index (κ2) is 6.88. The number of halogens is 1. The number of hydrogen-bond donors (Lipinski definition) is 2. The largest absolute Gasteiger partial charge is 0.370 e. The Kier molecular flexibility index (Phi) is 4.32. The van der Waals surface area contributed by atoms with E-state index in [1.54, 1.807) is 12.1 Å². The van der Waals surface area contributed by atoms with Crippen molar-refractivity contribution in [3.05, 3.63) is 59.5 Å². The average Bonchev–Trinajstić information content (AvgIpc) is 3.41. The molecule has 2 aliphatic rings. The van der Waals surface area contributed by atoms with Crippen LogP contribution in [-0.2, 0) is 0 Å². The second-order valence-corrected chi connectivity index (χ2v) is 8.34. The lowest BCUT2D eigenvalue weighted by atomic mass is 10.1. The summed E-state index contributed by atoms with van der Waals surface area (Å²) in [5.74, 6) is 0.130. The third-order valence-corrected chi connectivity index (χ3v) is 6.49. The Morgan fingerprint density at radius 1 is 1.21 bits per heavy atom. The number of aromatic amines is 1. The lowest BCUT2D eigenvalue weighted by Gasteiger charge is -2.22. The predicted octanol–water partition coefficient (Wildman–Crippen LogP) is 4.01. The van der Waals surface area contributed by atoms with Crippen molar-refractivity contribution >= 4 is 28.2 Å². The van der Waals surface area contributed by atoms with E-state index in [9.17, 15) is 9.18 Å². The SMILES string of the molecule is Cc1ccc(F)c2cc(C(=O)Nc3cccc(N4CC5CCN(C)C5C4)c3)[nH]c12. The number of carbonyl (C=O) groups is 1. The van der Waals surface area contributed by atoms with Crippen LogP contribution < -0.4 is 10.2 Å². The van der Waals surface area contributed by atoms with Gasteiger partial charge in [-0.25, -0.2) is 4.39 Å². The number of aryl methyl sites for hydroxylation is 1. The molecule has 29 heavy (non-hydrogen) atoms. The number of H-pyrrole nitrogens is 1. The van der Waals surface area contributed by atoms with Crippen molar-refractivity contribution in [1.29, 1.82) is 0 Å². The summed E-state index contributed by atoms with van der Waals surface area (Å²) < 4.78 is 14.1. The van der Waals surface area contributed by atoms with E-state index in [-0.39, 0.29) is 11.7 Å². The smallest absolute Gasteiger partial charge is 0.272 e. The third kappa shape index (κ3) is 3.17. The molecule has 3 heterocycles. The maximum atomic E-state index is 14.1. The van der Waals surface area contributed by atoms with Gasteiger partial charge in [-0.2, -0.15) is 0 Å². The Morgan fingerprint density at radius 3 is 2.86 bits per heavy atom. The van der Waals surface area contributed by atoms with Crippen LogP contribution in [0.25, 0.3) is 10.9 Å². The van der Waals surface area contributed by atoms with Crippen molar-refractivity contribution < 1.29 is 9.18 Å². The van der Waals surface area contributed by atoms with Crippen LogP contribution in [0.5, 0.6) is 0 Å². The molecule has 2 N–H and O–H groups in total. The zero-order valence-electron chi connectivity index (χ0n) is 16.7. The van der Waals surface area contributed by atoms with Crippen LogP contribution in [0, 0.1) is 18.7 Å². The molecule has 0 radical (unpaired) electrons.